The molecule has 1 aromatic heterocycles. The topological polar surface area (TPSA) is 110 Å². The number of carbonyl (C=O) groups is 2. The van der Waals surface area contributed by atoms with Gasteiger partial charge in [0.2, 0.25) is 5.88 Å². The Labute approximate surface area is 248 Å². The minimum Gasteiger partial charge on any atom is -0.493 e. The van der Waals surface area contributed by atoms with E-state index in [4.69, 9.17) is 14.2 Å². The van der Waals surface area contributed by atoms with Crippen molar-refractivity contribution in [2.24, 2.45) is 11.3 Å². The van der Waals surface area contributed by atoms with E-state index in [1.54, 1.807) is 0 Å². The van der Waals surface area contributed by atoms with Gasteiger partial charge in [-0.05, 0) is 36.3 Å². The number of methoxy groups -OCH3 is 1. The highest BCUT2D eigenvalue weighted by Gasteiger charge is 2.59. The first-order valence-corrected chi connectivity index (χ1v) is 14.6. The number of nitrogens with one attached hydrogen (secondary N) is 1. The number of carboxylic acid groups (broad SMARTS) is 1. The predicted octanol–water partition coefficient (Wildman–Crippen LogP) is 4.77. The minimum absolute atomic E-state index is 0.0182. The number of carbonyl (C=O) groups excluding carboxylic acids is 1. The number of hydrogen-bond acceptors (Lipinski definition) is 7. The Kier molecular flexibility index (Phi) is 8.63. The Morgan fingerprint density at radius 3 is 2.58 bits per heavy atom. The molecule has 2 saturated heterocycles. The fourth-order valence-corrected chi connectivity index (χ4v) is 6.82. The van der Waals surface area contributed by atoms with Crippen LogP contribution in [0, 0.1) is 11.3 Å². The fourth-order valence-electron chi connectivity index (χ4n) is 6.82. The number of rotatable bonds is 7. The summed E-state index contributed by atoms with van der Waals surface area (Å²) in [5.41, 5.74) is 0.197. The lowest BCUT2D eigenvalue weighted by Gasteiger charge is -2.36. The average Bonchev–Trinajstić information content (AvgIpc) is 3.58. The molecular weight excluding hydrogens is 567 g/mol. The van der Waals surface area contributed by atoms with Crippen LogP contribution < -0.4 is 14.8 Å². The maximum atomic E-state index is 14.3. The van der Waals surface area contributed by atoms with Crippen molar-refractivity contribution in [3.05, 3.63) is 52.7 Å². The van der Waals surface area contributed by atoms with Crippen LogP contribution in [0.15, 0.2) is 30.5 Å². The molecule has 43 heavy (non-hydrogen) atoms. The van der Waals surface area contributed by atoms with Crippen molar-refractivity contribution >= 4 is 11.9 Å². The van der Waals surface area contributed by atoms with Gasteiger partial charge in [0.1, 0.15) is 17.9 Å². The number of amides is 1. The minimum atomic E-state index is -4.61. The van der Waals surface area contributed by atoms with E-state index in [0.29, 0.717) is 43.6 Å². The fraction of sp³-hybridized carbons (Fsp3) is 0.581. The first-order chi connectivity index (χ1) is 20.3. The van der Waals surface area contributed by atoms with Crippen LogP contribution in [0.1, 0.15) is 68.3 Å². The number of benzene rings is 1. The van der Waals surface area contributed by atoms with Crippen LogP contribution in [-0.2, 0) is 33.5 Å². The van der Waals surface area contributed by atoms with Gasteiger partial charge in [-0.1, -0.05) is 39.0 Å². The number of carboxylic acids is 1. The van der Waals surface area contributed by atoms with E-state index in [2.05, 4.69) is 10.3 Å². The number of ether oxygens (including phenoxy) is 3. The molecule has 12 heteroatoms. The molecule has 0 spiro atoms. The van der Waals surface area contributed by atoms with Crippen LogP contribution in [0.5, 0.6) is 11.6 Å². The van der Waals surface area contributed by atoms with Gasteiger partial charge < -0.3 is 29.5 Å². The molecule has 2 aromatic rings. The van der Waals surface area contributed by atoms with E-state index in [0.717, 1.165) is 24.5 Å². The van der Waals surface area contributed by atoms with Gasteiger partial charge in [0.15, 0.2) is 0 Å². The van der Waals surface area contributed by atoms with Gasteiger partial charge in [-0.3, -0.25) is 4.79 Å². The summed E-state index contributed by atoms with van der Waals surface area (Å²) in [4.78, 5) is 32.7. The van der Waals surface area contributed by atoms with E-state index >= 15 is 0 Å². The summed E-state index contributed by atoms with van der Waals surface area (Å²) in [6, 6.07) is 3.88. The average molecular weight is 606 g/mol. The van der Waals surface area contributed by atoms with E-state index < -0.39 is 59.2 Å². The molecule has 0 saturated carbocycles. The second-order valence-corrected chi connectivity index (χ2v) is 12.5. The molecule has 234 valence electrons. The van der Waals surface area contributed by atoms with Crippen molar-refractivity contribution in [2.45, 2.75) is 83.4 Å². The third kappa shape index (κ3) is 6.04. The summed E-state index contributed by atoms with van der Waals surface area (Å²) in [7, 11) is 1.32. The van der Waals surface area contributed by atoms with E-state index in [-0.39, 0.29) is 18.0 Å². The number of likely N-dealkylation sites (tertiary alicyclic amines) is 1. The monoisotopic (exact) mass is 605 g/mol. The molecule has 1 aromatic carbocycles. The largest absolute Gasteiger partial charge is 0.493 e. The van der Waals surface area contributed by atoms with E-state index in [9.17, 15) is 27.9 Å². The second-order valence-electron chi connectivity index (χ2n) is 12.5. The summed E-state index contributed by atoms with van der Waals surface area (Å²) in [6.07, 6.45) is -1.94. The standard InChI is InChI=1S/C31H38F3N3O6/c1-30(2,3)22-23(35-15-18-14-19(31(32,33)34)16-36-27(18)41-4)24(20-9-7-8-17-11-13-43-26(17)20)37(25(22)29(39)40)28(38)21-10-5-6-12-42-21/h7-9,14,16,21-25,35H,5-6,10-13,15H2,1-4H3,(H,39,40)/t21-,22-,23-,24-,25-/m0/s1. The number of halogens is 3. The number of aliphatic carboxylic acids is 1. The van der Waals surface area contributed by atoms with Crippen LogP contribution >= 0.6 is 0 Å². The highest BCUT2D eigenvalue weighted by atomic mass is 19.4. The normalized spacial score (nSPS) is 25.7. The summed E-state index contributed by atoms with van der Waals surface area (Å²) in [5, 5.41) is 14.1. The van der Waals surface area contributed by atoms with Gasteiger partial charge in [0.25, 0.3) is 5.91 Å². The first-order valence-electron chi connectivity index (χ1n) is 14.6. The van der Waals surface area contributed by atoms with Gasteiger partial charge in [-0.25, -0.2) is 9.78 Å². The van der Waals surface area contributed by atoms with Crippen molar-refractivity contribution < 1.29 is 42.1 Å². The summed E-state index contributed by atoms with van der Waals surface area (Å²) < 4.78 is 57.9. The molecule has 0 bridgehead atoms. The zero-order valence-corrected chi connectivity index (χ0v) is 24.7. The lowest BCUT2D eigenvalue weighted by atomic mass is 9.72. The number of para-hydroxylation sites is 1. The van der Waals surface area contributed by atoms with Crippen LogP contribution in [0.4, 0.5) is 13.2 Å². The number of pyridine rings is 1. The van der Waals surface area contributed by atoms with Crippen LogP contribution in [-0.4, -0.2) is 65.4 Å². The molecule has 2 fully saturated rings. The van der Waals surface area contributed by atoms with Crippen molar-refractivity contribution in [3.63, 3.8) is 0 Å². The summed E-state index contributed by atoms with van der Waals surface area (Å²) >= 11 is 0. The van der Waals surface area contributed by atoms with Crippen LogP contribution in [0.2, 0.25) is 0 Å². The van der Waals surface area contributed by atoms with Gasteiger partial charge >= 0.3 is 12.1 Å². The molecule has 3 aliphatic heterocycles. The number of aromatic nitrogens is 1. The molecule has 5 atom stereocenters. The van der Waals surface area contributed by atoms with Crippen molar-refractivity contribution in [2.75, 3.05) is 20.3 Å². The second kappa shape index (κ2) is 12.0. The highest BCUT2D eigenvalue weighted by Crippen LogP contribution is 2.51. The Morgan fingerprint density at radius 1 is 1.19 bits per heavy atom. The first kappa shape index (κ1) is 31.1. The predicted molar refractivity (Wildman–Crippen MR) is 150 cm³/mol. The lowest BCUT2D eigenvalue weighted by molar-refractivity contribution is -0.159. The molecule has 3 aliphatic rings. The Morgan fingerprint density at radius 2 is 1.95 bits per heavy atom. The van der Waals surface area contributed by atoms with Crippen LogP contribution in [0.3, 0.4) is 0 Å². The smallest absolute Gasteiger partial charge is 0.417 e. The maximum absolute atomic E-state index is 14.3. The molecule has 0 radical (unpaired) electrons. The number of nitrogens with zero attached hydrogens (tertiary/aromatic N) is 2. The third-order valence-corrected chi connectivity index (χ3v) is 8.67. The molecule has 9 nitrogen and oxygen atoms in total. The van der Waals surface area contributed by atoms with Crippen molar-refractivity contribution in [3.8, 4) is 11.6 Å². The molecule has 1 amide bonds. The summed E-state index contributed by atoms with van der Waals surface area (Å²) in [6.45, 7) is 6.46. The number of hydrogen-bond donors (Lipinski definition) is 2. The lowest BCUT2D eigenvalue weighted by Crippen LogP contribution is -2.51. The molecule has 0 aliphatic carbocycles. The van der Waals surface area contributed by atoms with Gasteiger partial charge in [0, 0.05) is 48.9 Å². The Bertz CT molecular complexity index is 1360. The Hall–Kier alpha value is -3.38. The molecule has 0 unspecified atom stereocenters. The Balaban J connectivity index is 1.64. The zero-order valence-electron chi connectivity index (χ0n) is 24.7. The van der Waals surface area contributed by atoms with Gasteiger partial charge in [-0.15, -0.1) is 0 Å². The zero-order chi connectivity index (χ0) is 31.1. The summed E-state index contributed by atoms with van der Waals surface area (Å²) in [5.74, 6) is -1.59. The molecule has 4 heterocycles. The van der Waals surface area contributed by atoms with Gasteiger partial charge in [0.05, 0.1) is 25.3 Å². The quantitative estimate of drug-likeness (QED) is 0.465. The molecule has 5 rings (SSSR count). The van der Waals surface area contributed by atoms with E-state index in [1.165, 1.54) is 12.0 Å². The molecular formula is C31H38F3N3O6. The highest BCUT2D eigenvalue weighted by molar-refractivity contribution is 5.88. The van der Waals surface area contributed by atoms with Crippen molar-refractivity contribution in [1.82, 2.24) is 15.2 Å². The number of alkyl halides is 3. The van der Waals surface area contributed by atoms with E-state index in [1.807, 2.05) is 39.0 Å². The number of fused-ring (bicyclic) bond motifs is 1. The van der Waals surface area contributed by atoms with Gasteiger partial charge in [-0.2, -0.15) is 13.2 Å². The third-order valence-electron chi connectivity index (χ3n) is 8.67. The SMILES string of the molecule is COc1ncc(C(F)(F)F)cc1CN[C@H]1[C@H](C(C)(C)C)[C@@H](C(=O)O)N(C(=O)[C@@H]2CCCCO2)[C@H]1c1cccc2c1OCC2. The van der Waals surface area contributed by atoms with Crippen molar-refractivity contribution in [1.29, 1.82) is 0 Å². The molecule has 2 N–H and O–H groups in total. The van der Waals surface area contributed by atoms with Crippen LogP contribution in [0.25, 0.3) is 0 Å². The maximum Gasteiger partial charge on any atom is 0.417 e.